The van der Waals surface area contributed by atoms with Crippen LogP contribution in [0.25, 0.3) is 0 Å². The number of nitrogens with zero attached hydrogens (tertiary/aromatic N) is 1. The topological polar surface area (TPSA) is 42.2 Å². The van der Waals surface area contributed by atoms with Crippen LogP contribution < -0.4 is 0 Å². The number of hydrogen-bond donors (Lipinski definition) is 0. The average Bonchev–Trinajstić information content (AvgIpc) is 1.90. The summed E-state index contributed by atoms with van der Waals surface area (Å²) >= 11 is 0. The lowest BCUT2D eigenvalue weighted by Crippen LogP contribution is -2.26. The van der Waals surface area contributed by atoms with Crippen molar-refractivity contribution in [2.45, 2.75) is 6.10 Å². The van der Waals surface area contributed by atoms with Gasteiger partial charge in [-0.25, -0.2) is 0 Å². The second kappa shape index (κ2) is 2.65. The zero-order valence-corrected chi connectivity index (χ0v) is 4.46. The molecule has 1 rings (SSSR count). The fourth-order valence-corrected chi connectivity index (χ4v) is 0.562. The first-order valence-electron chi connectivity index (χ1n) is 2.52. The number of rotatable bonds is 0. The van der Waals surface area contributed by atoms with Crippen molar-refractivity contribution in [3.05, 3.63) is 0 Å². The molecule has 0 aromatic carbocycles. The van der Waals surface area contributed by atoms with E-state index >= 15 is 0 Å². The van der Waals surface area contributed by atoms with E-state index in [9.17, 15) is 0 Å². The molecule has 0 aromatic rings. The molecule has 0 aliphatic carbocycles. The van der Waals surface area contributed by atoms with Gasteiger partial charge in [0.2, 0.25) is 0 Å². The van der Waals surface area contributed by atoms with Crippen LogP contribution in [0.3, 0.4) is 0 Å². The Morgan fingerprint density at radius 1 is 1.50 bits per heavy atom. The fourth-order valence-electron chi connectivity index (χ4n) is 0.562. The lowest BCUT2D eigenvalue weighted by molar-refractivity contribution is -0.0643. The predicted octanol–water partition coefficient (Wildman–Crippen LogP) is -0.0746. The van der Waals surface area contributed by atoms with Gasteiger partial charge in [0, 0.05) is 0 Å². The monoisotopic (exact) mass is 113 g/mol. The molecule has 3 nitrogen and oxygen atoms in total. The zero-order valence-electron chi connectivity index (χ0n) is 4.46. The maximum Gasteiger partial charge on any atom is 0.167 e. The van der Waals surface area contributed by atoms with Crippen molar-refractivity contribution in [3.63, 3.8) is 0 Å². The third-order valence-electron chi connectivity index (χ3n) is 0.960. The van der Waals surface area contributed by atoms with E-state index in [0.717, 1.165) is 0 Å². The fraction of sp³-hybridized carbons (Fsp3) is 0.800. The Kier molecular flexibility index (Phi) is 1.84. The van der Waals surface area contributed by atoms with Crippen molar-refractivity contribution in [2.75, 3.05) is 19.8 Å². The molecule has 8 heavy (non-hydrogen) atoms. The van der Waals surface area contributed by atoms with Crippen LogP contribution in [0.5, 0.6) is 0 Å². The molecule has 0 bridgehead atoms. The van der Waals surface area contributed by atoms with E-state index in [1.165, 1.54) is 0 Å². The summed E-state index contributed by atoms with van der Waals surface area (Å²) in [5, 5.41) is 8.24. The van der Waals surface area contributed by atoms with Gasteiger partial charge in [-0.3, -0.25) is 0 Å². The third-order valence-corrected chi connectivity index (χ3v) is 0.960. The van der Waals surface area contributed by atoms with Gasteiger partial charge in [-0.2, -0.15) is 5.26 Å². The van der Waals surface area contributed by atoms with Crippen LogP contribution in [0.1, 0.15) is 0 Å². The second-order valence-electron chi connectivity index (χ2n) is 1.56. The summed E-state index contributed by atoms with van der Waals surface area (Å²) in [6, 6.07) is 1.96. The summed E-state index contributed by atoms with van der Waals surface area (Å²) in [6.45, 7) is 1.60. The smallest absolute Gasteiger partial charge is 0.167 e. The van der Waals surface area contributed by atoms with Crippen molar-refractivity contribution in [1.29, 1.82) is 5.26 Å². The molecular formula is C5H7NO2. The molecule has 1 saturated heterocycles. The highest BCUT2D eigenvalue weighted by atomic mass is 16.6. The third kappa shape index (κ3) is 1.19. The van der Waals surface area contributed by atoms with Gasteiger partial charge in [0.15, 0.2) is 6.10 Å². The molecule has 0 amide bonds. The number of ether oxygens (including phenoxy) is 2. The Morgan fingerprint density at radius 3 is 2.75 bits per heavy atom. The van der Waals surface area contributed by atoms with Crippen LogP contribution in [0, 0.1) is 11.3 Å². The molecule has 0 N–H and O–H groups in total. The number of hydrogen-bond acceptors (Lipinski definition) is 3. The molecule has 0 spiro atoms. The SMILES string of the molecule is N#C[C@@H]1COCCO1. The van der Waals surface area contributed by atoms with E-state index in [4.69, 9.17) is 14.7 Å². The first-order valence-corrected chi connectivity index (χ1v) is 2.52. The van der Waals surface area contributed by atoms with Gasteiger partial charge >= 0.3 is 0 Å². The highest BCUT2D eigenvalue weighted by Crippen LogP contribution is 1.97. The van der Waals surface area contributed by atoms with Gasteiger partial charge in [0.05, 0.1) is 25.9 Å². The molecule has 1 atom stereocenters. The Hall–Kier alpha value is -0.590. The molecule has 44 valence electrons. The molecular weight excluding hydrogens is 106 g/mol. The minimum atomic E-state index is -0.330. The maximum absolute atomic E-state index is 8.24. The zero-order chi connectivity index (χ0) is 5.82. The standard InChI is InChI=1S/C5H7NO2/c6-3-5-4-7-1-2-8-5/h5H,1-2,4H2/t5-/m1/s1. The summed E-state index contributed by atoms with van der Waals surface area (Å²) in [5.74, 6) is 0. The van der Waals surface area contributed by atoms with Crippen LogP contribution in [-0.4, -0.2) is 25.9 Å². The first-order chi connectivity index (χ1) is 3.93. The van der Waals surface area contributed by atoms with Crippen molar-refractivity contribution in [1.82, 2.24) is 0 Å². The molecule has 0 aromatic heterocycles. The molecule has 0 radical (unpaired) electrons. The largest absolute Gasteiger partial charge is 0.375 e. The number of nitriles is 1. The van der Waals surface area contributed by atoms with Crippen molar-refractivity contribution in [3.8, 4) is 6.07 Å². The van der Waals surface area contributed by atoms with Gasteiger partial charge in [-0.15, -0.1) is 0 Å². The molecule has 0 unspecified atom stereocenters. The highest BCUT2D eigenvalue weighted by Gasteiger charge is 2.11. The predicted molar refractivity (Wildman–Crippen MR) is 26.2 cm³/mol. The van der Waals surface area contributed by atoms with E-state index in [1.807, 2.05) is 6.07 Å². The van der Waals surface area contributed by atoms with Crippen LogP contribution >= 0.6 is 0 Å². The second-order valence-corrected chi connectivity index (χ2v) is 1.56. The quantitative estimate of drug-likeness (QED) is 0.441. The van der Waals surface area contributed by atoms with E-state index in [2.05, 4.69) is 0 Å². The molecule has 1 aliphatic rings. The lowest BCUT2D eigenvalue weighted by Gasteiger charge is -2.15. The molecule has 1 heterocycles. The molecule has 1 aliphatic heterocycles. The van der Waals surface area contributed by atoms with Crippen molar-refractivity contribution < 1.29 is 9.47 Å². The van der Waals surface area contributed by atoms with E-state index < -0.39 is 0 Å². The van der Waals surface area contributed by atoms with Crippen molar-refractivity contribution in [2.24, 2.45) is 0 Å². The van der Waals surface area contributed by atoms with Gasteiger partial charge in [0.1, 0.15) is 0 Å². The van der Waals surface area contributed by atoms with E-state index in [1.54, 1.807) is 0 Å². The summed E-state index contributed by atoms with van der Waals surface area (Å²) in [6.07, 6.45) is -0.330. The average molecular weight is 113 g/mol. The first kappa shape index (κ1) is 5.54. The normalized spacial score (nSPS) is 29.1. The van der Waals surface area contributed by atoms with Crippen molar-refractivity contribution >= 4 is 0 Å². The summed E-state index contributed by atoms with van der Waals surface area (Å²) in [4.78, 5) is 0. The lowest BCUT2D eigenvalue weighted by atomic mass is 10.4. The minimum Gasteiger partial charge on any atom is -0.375 e. The maximum atomic E-state index is 8.24. The van der Waals surface area contributed by atoms with Gasteiger partial charge in [-0.1, -0.05) is 0 Å². The Labute approximate surface area is 47.8 Å². The molecule has 0 saturated carbocycles. The Balaban J connectivity index is 2.25. The van der Waals surface area contributed by atoms with Crippen LogP contribution in [0.2, 0.25) is 0 Å². The van der Waals surface area contributed by atoms with Crippen LogP contribution in [-0.2, 0) is 9.47 Å². The van der Waals surface area contributed by atoms with Crippen LogP contribution in [0.15, 0.2) is 0 Å². The Bertz CT molecular complexity index is 101. The van der Waals surface area contributed by atoms with E-state index in [-0.39, 0.29) is 6.10 Å². The van der Waals surface area contributed by atoms with Crippen LogP contribution in [0.4, 0.5) is 0 Å². The Morgan fingerprint density at radius 2 is 2.38 bits per heavy atom. The summed E-state index contributed by atoms with van der Waals surface area (Å²) in [5.41, 5.74) is 0. The minimum absolute atomic E-state index is 0.330. The van der Waals surface area contributed by atoms with Gasteiger partial charge in [-0.05, 0) is 0 Å². The van der Waals surface area contributed by atoms with E-state index in [0.29, 0.717) is 19.8 Å². The van der Waals surface area contributed by atoms with Gasteiger partial charge < -0.3 is 9.47 Å². The summed E-state index contributed by atoms with van der Waals surface area (Å²) < 4.78 is 9.87. The molecule has 3 heteroatoms. The van der Waals surface area contributed by atoms with Gasteiger partial charge in [0.25, 0.3) is 0 Å². The molecule has 1 fully saturated rings. The summed E-state index contributed by atoms with van der Waals surface area (Å²) in [7, 11) is 0. The highest BCUT2D eigenvalue weighted by molar-refractivity contribution is 4.84.